The molecular formula is C51H84NO7+. The molecule has 0 saturated heterocycles. The van der Waals surface area contributed by atoms with E-state index in [0.717, 1.165) is 83.5 Å². The highest BCUT2D eigenvalue weighted by molar-refractivity contribution is 5.72. The van der Waals surface area contributed by atoms with Gasteiger partial charge in [0.05, 0.1) is 34.4 Å². The van der Waals surface area contributed by atoms with Crippen LogP contribution < -0.4 is 0 Å². The lowest BCUT2D eigenvalue weighted by atomic mass is 10.1. The minimum Gasteiger partial charge on any atom is -0.477 e. The van der Waals surface area contributed by atoms with Gasteiger partial charge >= 0.3 is 17.9 Å². The number of rotatable bonds is 39. The molecule has 0 fully saturated rings. The Kier molecular flexibility index (Phi) is 38.4. The highest BCUT2D eigenvalue weighted by Gasteiger charge is 2.31. The van der Waals surface area contributed by atoms with E-state index in [4.69, 9.17) is 14.2 Å². The predicted octanol–water partition coefficient (Wildman–Crippen LogP) is 12.7. The molecule has 0 spiro atoms. The van der Waals surface area contributed by atoms with Crippen molar-refractivity contribution in [2.24, 2.45) is 0 Å². The molecule has 0 saturated carbocycles. The average Bonchev–Trinajstić information content (AvgIpc) is 3.19. The molecule has 1 N–H and O–H groups in total. The van der Waals surface area contributed by atoms with Crippen molar-refractivity contribution < 1.29 is 38.2 Å². The van der Waals surface area contributed by atoms with Gasteiger partial charge in [-0.05, 0) is 83.5 Å². The molecule has 0 amide bonds. The van der Waals surface area contributed by atoms with E-state index < -0.39 is 24.1 Å². The number of carboxylic acid groups (broad SMARTS) is 1. The molecule has 2 atom stereocenters. The van der Waals surface area contributed by atoms with Crippen LogP contribution in [-0.2, 0) is 28.6 Å². The molecule has 0 heterocycles. The summed E-state index contributed by atoms with van der Waals surface area (Å²) < 4.78 is 17.2. The van der Waals surface area contributed by atoms with Crippen LogP contribution in [0.4, 0.5) is 0 Å². The molecule has 0 aliphatic rings. The second-order valence-corrected chi connectivity index (χ2v) is 15.9. The second-order valence-electron chi connectivity index (χ2n) is 15.9. The van der Waals surface area contributed by atoms with Crippen molar-refractivity contribution in [3.63, 3.8) is 0 Å². The van der Waals surface area contributed by atoms with Gasteiger partial charge in [-0.25, -0.2) is 4.79 Å². The van der Waals surface area contributed by atoms with Crippen LogP contribution in [0.3, 0.4) is 0 Å². The van der Waals surface area contributed by atoms with Crippen LogP contribution in [0, 0.1) is 0 Å². The Bertz CT molecular complexity index is 1280. The molecule has 8 nitrogen and oxygen atoms in total. The zero-order valence-electron chi connectivity index (χ0n) is 37.9. The summed E-state index contributed by atoms with van der Waals surface area (Å²) in [7, 11) is 5.49. The van der Waals surface area contributed by atoms with Gasteiger partial charge in [0.1, 0.15) is 6.61 Å². The molecule has 2 unspecified atom stereocenters. The van der Waals surface area contributed by atoms with Gasteiger partial charge in [-0.1, -0.05) is 150 Å². The Morgan fingerprint density at radius 2 is 0.983 bits per heavy atom. The van der Waals surface area contributed by atoms with Crippen molar-refractivity contribution in [3.8, 4) is 0 Å². The number of aliphatic carboxylic acids is 1. The van der Waals surface area contributed by atoms with E-state index >= 15 is 0 Å². The van der Waals surface area contributed by atoms with Crippen molar-refractivity contribution in [1.29, 1.82) is 0 Å². The molecule has 0 aromatic rings. The molecule has 0 aromatic heterocycles. The highest BCUT2D eigenvalue weighted by Crippen LogP contribution is 2.12. The number of likely N-dealkylation sites (N-methyl/N-ethyl adjacent to an activating group) is 1. The fraction of sp³-hybridized carbons (Fsp3) is 0.627. The van der Waals surface area contributed by atoms with Crippen LogP contribution in [0.15, 0.2) is 97.2 Å². The molecule has 0 radical (unpaired) electrons. The van der Waals surface area contributed by atoms with Gasteiger partial charge in [0.15, 0.2) is 12.1 Å². The van der Waals surface area contributed by atoms with E-state index in [1.807, 2.05) is 33.3 Å². The third-order valence-corrected chi connectivity index (χ3v) is 9.48. The number of hydrogen-bond acceptors (Lipinski definition) is 6. The number of unbranched alkanes of at least 4 members (excludes halogenated alkanes) is 9. The van der Waals surface area contributed by atoms with Crippen LogP contribution in [0.5, 0.6) is 0 Å². The number of carboxylic acids is 1. The van der Waals surface area contributed by atoms with Gasteiger partial charge in [-0.15, -0.1) is 0 Å². The molecule has 0 aliphatic carbocycles. The monoisotopic (exact) mass is 823 g/mol. The zero-order valence-corrected chi connectivity index (χ0v) is 37.9. The number of carbonyl (C=O) groups excluding carboxylic acids is 2. The van der Waals surface area contributed by atoms with Gasteiger partial charge in [0, 0.05) is 19.3 Å². The maximum atomic E-state index is 12.7. The fourth-order valence-corrected chi connectivity index (χ4v) is 5.97. The zero-order chi connectivity index (χ0) is 43.5. The first-order valence-corrected chi connectivity index (χ1v) is 22.8. The summed E-state index contributed by atoms with van der Waals surface area (Å²) in [4.78, 5) is 37.0. The molecule has 0 aromatic carbocycles. The third-order valence-electron chi connectivity index (χ3n) is 9.48. The quantitative estimate of drug-likeness (QED) is 0.0285. The van der Waals surface area contributed by atoms with Crippen LogP contribution in [0.25, 0.3) is 0 Å². The number of quaternary nitrogens is 1. The Morgan fingerprint density at radius 3 is 1.47 bits per heavy atom. The van der Waals surface area contributed by atoms with Crippen molar-refractivity contribution in [1.82, 2.24) is 0 Å². The molecule has 0 rings (SSSR count). The van der Waals surface area contributed by atoms with E-state index in [-0.39, 0.29) is 36.7 Å². The highest BCUT2D eigenvalue weighted by atomic mass is 16.6. The lowest BCUT2D eigenvalue weighted by Gasteiger charge is -2.31. The topological polar surface area (TPSA) is 99.1 Å². The third kappa shape index (κ3) is 39.5. The van der Waals surface area contributed by atoms with E-state index in [9.17, 15) is 19.5 Å². The minimum absolute atomic E-state index is 0.0200. The van der Waals surface area contributed by atoms with Crippen LogP contribution >= 0.6 is 0 Å². The van der Waals surface area contributed by atoms with Crippen LogP contribution in [0.2, 0.25) is 0 Å². The number of carbonyl (C=O) groups is 3. The number of allylic oxidation sites excluding steroid dienone is 16. The molecule has 59 heavy (non-hydrogen) atoms. The molecule has 8 heteroatoms. The fourth-order valence-electron chi connectivity index (χ4n) is 5.97. The molecular weight excluding hydrogens is 739 g/mol. The lowest BCUT2D eigenvalue weighted by molar-refractivity contribution is -0.887. The lowest BCUT2D eigenvalue weighted by Crippen LogP contribution is -2.50. The van der Waals surface area contributed by atoms with Gasteiger partial charge in [0.25, 0.3) is 0 Å². The molecule has 0 aliphatic heterocycles. The van der Waals surface area contributed by atoms with Crippen molar-refractivity contribution in [2.45, 2.75) is 167 Å². The molecule has 334 valence electrons. The molecule has 0 bridgehead atoms. The predicted molar refractivity (Wildman–Crippen MR) is 247 cm³/mol. The van der Waals surface area contributed by atoms with Crippen molar-refractivity contribution in [3.05, 3.63) is 97.2 Å². The summed E-state index contributed by atoms with van der Waals surface area (Å²) in [6, 6.07) is -0.635. The Balaban J connectivity index is 4.51. The smallest absolute Gasteiger partial charge is 0.362 e. The first-order chi connectivity index (χ1) is 28.6. The summed E-state index contributed by atoms with van der Waals surface area (Å²) in [6.07, 6.45) is 54.6. The Morgan fingerprint density at radius 1 is 0.525 bits per heavy atom. The Labute approximate surface area is 360 Å². The SMILES string of the molecule is CC/C=C\C/C=C\C/C=C\C/C=C\C/C=C\C/C=C\CCC(=O)OC(COCCC(C(=O)O)[N+](C)(C)C)COC(=O)CCCCCCC/C=C\C/C=C\CCCCCC. The maximum absolute atomic E-state index is 12.7. The summed E-state index contributed by atoms with van der Waals surface area (Å²) in [5, 5.41) is 9.62. The summed E-state index contributed by atoms with van der Waals surface area (Å²) in [5.41, 5.74) is 0. The number of ether oxygens (including phenoxy) is 3. The van der Waals surface area contributed by atoms with Crippen molar-refractivity contribution >= 4 is 17.9 Å². The summed E-state index contributed by atoms with van der Waals surface area (Å²) >= 11 is 0. The van der Waals surface area contributed by atoms with Gasteiger partial charge in [-0.2, -0.15) is 0 Å². The van der Waals surface area contributed by atoms with E-state index in [1.165, 1.54) is 32.1 Å². The standard InChI is InChI=1S/C51H83NO7/c1-6-8-10-12-14-16-18-20-22-24-25-26-28-30-32-34-36-38-40-42-50(54)59-47(45-57-44-43-48(51(55)56)52(3,4)5)46-58-49(53)41-39-37-35-33-31-29-27-23-21-19-17-15-13-11-9-7-2/h8,10,14,16-17,19-20,22-23,25-27,30,32,36,38,47-48H,6-7,9,11-13,15,18,21,24,28-29,31,33-35,37,39-46H2,1-5H3/p+1/b10-8-,16-14-,19-17-,22-20-,26-25-,27-23-,32-30-,38-36-. The maximum Gasteiger partial charge on any atom is 0.362 e. The van der Waals surface area contributed by atoms with Crippen molar-refractivity contribution in [2.75, 3.05) is 41.0 Å². The largest absolute Gasteiger partial charge is 0.477 e. The van der Waals surface area contributed by atoms with Crippen LogP contribution in [-0.4, -0.2) is 80.6 Å². The van der Waals surface area contributed by atoms with Gasteiger partial charge in [-0.3, -0.25) is 9.59 Å². The number of nitrogens with zero attached hydrogens (tertiary/aromatic N) is 1. The van der Waals surface area contributed by atoms with E-state index in [2.05, 4.69) is 98.9 Å². The first kappa shape index (κ1) is 55.2. The van der Waals surface area contributed by atoms with Crippen LogP contribution in [0.1, 0.15) is 155 Å². The first-order valence-electron chi connectivity index (χ1n) is 22.8. The van der Waals surface area contributed by atoms with E-state index in [0.29, 0.717) is 19.3 Å². The number of esters is 2. The van der Waals surface area contributed by atoms with Gasteiger partial charge in [0.2, 0.25) is 0 Å². The normalized spacial score (nSPS) is 13.8. The average molecular weight is 823 g/mol. The minimum atomic E-state index is -0.893. The van der Waals surface area contributed by atoms with E-state index in [1.54, 1.807) is 0 Å². The summed E-state index contributed by atoms with van der Waals surface area (Å²) in [6.45, 7) is 4.49. The van der Waals surface area contributed by atoms with Gasteiger partial charge < -0.3 is 23.8 Å². The Hall–Kier alpha value is -3.75. The summed E-state index contributed by atoms with van der Waals surface area (Å²) in [5.74, 6) is -1.61. The number of hydrogen-bond donors (Lipinski definition) is 1. The second kappa shape index (κ2) is 41.0.